The van der Waals surface area contributed by atoms with Crippen LogP contribution in [0, 0.1) is 5.82 Å². The fourth-order valence-electron chi connectivity index (χ4n) is 1.37. The highest BCUT2D eigenvalue weighted by molar-refractivity contribution is 6.17. The summed E-state index contributed by atoms with van der Waals surface area (Å²) >= 11 is 5.54. The third-order valence-corrected chi connectivity index (χ3v) is 2.28. The molecule has 1 aromatic rings. The summed E-state index contributed by atoms with van der Waals surface area (Å²) in [4.78, 5) is 11.6. The fraction of sp³-hybridized carbons (Fsp3) is 0.364. The number of alkyl halides is 3. The molecule has 0 saturated heterocycles. The summed E-state index contributed by atoms with van der Waals surface area (Å²) in [6, 6.07) is 1.66. The molecule has 0 atom stereocenters. The number of hydrogen-bond donors (Lipinski definition) is 0. The van der Waals surface area contributed by atoms with Gasteiger partial charge in [-0.3, -0.25) is 0 Å². The lowest BCUT2D eigenvalue weighted by molar-refractivity contribution is -0.0506. The van der Waals surface area contributed by atoms with Crippen molar-refractivity contribution in [3.05, 3.63) is 29.1 Å². The minimum atomic E-state index is -3.18. The summed E-state index contributed by atoms with van der Waals surface area (Å²) in [6.45, 7) is -1.58. The first kappa shape index (κ1) is 14.6. The Bertz CT molecular complexity index is 438. The zero-order valence-electron chi connectivity index (χ0n) is 9.38. The summed E-state index contributed by atoms with van der Waals surface area (Å²) in [7, 11) is 0. The molecule has 0 aliphatic carbocycles. The van der Waals surface area contributed by atoms with E-state index >= 15 is 0 Å². The maximum Gasteiger partial charge on any atom is 0.387 e. The Morgan fingerprint density at radius 3 is 2.61 bits per heavy atom. The predicted molar refractivity (Wildman–Crippen MR) is 58.5 cm³/mol. The zero-order chi connectivity index (χ0) is 13.7. The highest BCUT2D eigenvalue weighted by Gasteiger charge is 2.22. The lowest BCUT2D eigenvalue weighted by atomic mass is 10.1. The second-order valence-corrected chi connectivity index (χ2v) is 3.44. The van der Waals surface area contributed by atoms with Crippen molar-refractivity contribution >= 4 is 17.6 Å². The first-order chi connectivity index (χ1) is 8.49. The summed E-state index contributed by atoms with van der Waals surface area (Å²) < 4.78 is 46.3. The average molecular weight is 283 g/mol. The highest BCUT2D eigenvalue weighted by Crippen LogP contribution is 2.28. The van der Waals surface area contributed by atoms with Crippen molar-refractivity contribution in [3.63, 3.8) is 0 Å². The first-order valence-corrected chi connectivity index (χ1v) is 5.53. The Labute approximate surface area is 106 Å². The van der Waals surface area contributed by atoms with E-state index < -0.39 is 24.1 Å². The van der Waals surface area contributed by atoms with Crippen LogP contribution in [0.15, 0.2) is 12.1 Å². The van der Waals surface area contributed by atoms with E-state index in [-0.39, 0.29) is 23.6 Å². The van der Waals surface area contributed by atoms with Gasteiger partial charge in [0.1, 0.15) is 17.1 Å². The van der Waals surface area contributed by atoms with Gasteiger partial charge < -0.3 is 9.47 Å². The lowest BCUT2D eigenvalue weighted by Crippen LogP contribution is -2.13. The number of hydrogen-bond acceptors (Lipinski definition) is 3. The number of carbonyl (C=O) groups is 1. The Kier molecular flexibility index (Phi) is 5.27. The summed E-state index contributed by atoms with van der Waals surface area (Å²) in [6.07, 6.45) is 0. The largest absolute Gasteiger partial charge is 0.462 e. The predicted octanol–water partition coefficient (Wildman–Crippen LogP) is 3.34. The van der Waals surface area contributed by atoms with Crippen molar-refractivity contribution < 1.29 is 27.4 Å². The lowest BCUT2D eigenvalue weighted by Gasteiger charge is -2.13. The van der Waals surface area contributed by atoms with E-state index in [1.54, 1.807) is 6.92 Å². The van der Waals surface area contributed by atoms with Crippen LogP contribution in [0.25, 0.3) is 0 Å². The second kappa shape index (κ2) is 6.49. The van der Waals surface area contributed by atoms with Gasteiger partial charge in [0.15, 0.2) is 0 Å². The van der Waals surface area contributed by atoms with Crippen LogP contribution in [0.5, 0.6) is 5.75 Å². The number of benzene rings is 1. The topological polar surface area (TPSA) is 35.5 Å². The quantitative estimate of drug-likeness (QED) is 0.614. The Hall–Kier alpha value is -1.43. The third kappa shape index (κ3) is 3.53. The first-order valence-electron chi connectivity index (χ1n) is 4.99. The van der Waals surface area contributed by atoms with E-state index in [9.17, 15) is 18.0 Å². The van der Waals surface area contributed by atoms with Gasteiger partial charge in [-0.2, -0.15) is 8.78 Å². The molecular weight excluding hydrogens is 273 g/mol. The van der Waals surface area contributed by atoms with Gasteiger partial charge in [-0.1, -0.05) is 0 Å². The number of carbonyl (C=O) groups excluding carboxylic acids is 1. The van der Waals surface area contributed by atoms with Crippen LogP contribution in [0.2, 0.25) is 0 Å². The minimum Gasteiger partial charge on any atom is -0.462 e. The molecule has 0 fully saturated rings. The molecule has 3 nitrogen and oxygen atoms in total. The minimum absolute atomic E-state index is 0.0331. The maximum atomic E-state index is 13.2. The molecule has 0 spiro atoms. The van der Waals surface area contributed by atoms with Gasteiger partial charge in [-0.15, -0.1) is 11.6 Å². The summed E-state index contributed by atoms with van der Waals surface area (Å²) in [5.74, 6) is -2.52. The van der Waals surface area contributed by atoms with Crippen LogP contribution < -0.4 is 4.74 Å². The number of halogens is 4. The van der Waals surface area contributed by atoms with Crippen LogP contribution in [0.3, 0.4) is 0 Å². The molecule has 100 valence electrons. The van der Waals surface area contributed by atoms with Gasteiger partial charge in [-0.25, -0.2) is 9.18 Å². The van der Waals surface area contributed by atoms with E-state index in [4.69, 9.17) is 11.6 Å². The van der Waals surface area contributed by atoms with Crippen molar-refractivity contribution in [2.45, 2.75) is 19.4 Å². The molecule has 0 bridgehead atoms. The van der Waals surface area contributed by atoms with Crippen LogP contribution >= 0.6 is 11.6 Å². The molecule has 18 heavy (non-hydrogen) atoms. The van der Waals surface area contributed by atoms with E-state index in [0.29, 0.717) is 6.07 Å². The molecule has 0 aromatic heterocycles. The van der Waals surface area contributed by atoms with Crippen LogP contribution in [0.4, 0.5) is 13.2 Å². The molecule has 0 aliphatic heterocycles. The smallest absolute Gasteiger partial charge is 0.387 e. The molecule has 0 N–H and O–H groups in total. The number of rotatable bonds is 5. The summed E-state index contributed by atoms with van der Waals surface area (Å²) in [5.41, 5.74) is -0.251. The van der Waals surface area contributed by atoms with Gasteiger partial charge in [0.25, 0.3) is 0 Å². The normalized spacial score (nSPS) is 10.6. The van der Waals surface area contributed by atoms with E-state index in [2.05, 4.69) is 9.47 Å². The van der Waals surface area contributed by atoms with Gasteiger partial charge in [0.2, 0.25) is 0 Å². The maximum absolute atomic E-state index is 13.2. The molecule has 0 radical (unpaired) electrons. The molecule has 0 amide bonds. The van der Waals surface area contributed by atoms with Gasteiger partial charge in [-0.05, 0) is 18.6 Å². The molecule has 7 heteroatoms. The van der Waals surface area contributed by atoms with Crippen molar-refractivity contribution in [2.75, 3.05) is 6.61 Å². The SMILES string of the molecule is CCOC(=O)c1c(CCl)cc(F)cc1OC(F)F. The van der Waals surface area contributed by atoms with Crippen LogP contribution in [0.1, 0.15) is 22.8 Å². The highest BCUT2D eigenvalue weighted by atomic mass is 35.5. The van der Waals surface area contributed by atoms with E-state index in [0.717, 1.165) is 6.07 Å². The summed E-state index contributed by atoms with van der Waals surface area (Å²) in [5, 5.41) is 0. The van der Waals surface area contributed by atoms with Gasteiger partial charge in [0, 0.05) is 11.9 Å². The van der Waals surface area contributed by atoms with Crippen LogP contribution in [-0.2, 0) is 10.6 Å². The molecule has 1 rings (SSSR count). The number of ether oxygens (including phenoxy) is 2. The second-order valence-electron chi connectivity index (χ2n) is 3.17. The average Bonchev–Trinajstić information content (AvgIpc) is 2.27. The Morgan fingerprint density at radius 2 is 2.11 bits per heavy atom. The molecule has 1 aromatic carbocycles. The van der Waals surface area contributed by atoms with E-state index in [1.807, 2.05) is 0 Å². The monoisotopic (exact) mass is 282 g/mol. The molecule has 0 heterocycles. The standard InChI is InChI=1S/C11H10ClF3O3/c1-2-17-10(16)9-6(5-12)3-7(13)4-8(9)18-11(14)15/h3-4,11H,2,5H2,1H3. The van der Waals surface area contributed by atoms with Crippen molar-refractivity contribution in [3.8, 4) is 5.75 Å². The molecule has 0 unspecified atom stereocenters. The Balaban J connectivity index is 3.27. The van der Waals surface area contributed by atoms with Crippen molar-refractivity contribution in [1.82, 2.24) is 0 Å². The third-order valence-electron chi connectivity index (χ3n) is 1.99. The molecule has 0 saturated carbocycles. The molecule has 0 aliphatic rings. The van der Waals surface area contributed by atoms with Crippen molar-refractivity contribution in [1.29, 1.82) is 0 Å². The molecular formula is C11H10ClF3O3. The fourth-order valence-corrected chi connectivity index (χ4v) is 1.58. The van der Waals surface area contributed by atoms with Crippen LogP contribution in [-0.4, -0.2) is 19.2 Å². The van der Waals surface area contributed by atoms with Crippen molar-refractivity contribution in [2.24, 2.45) is 0 Å². The number of esters is 1. The van der Waals surface area contributed by atoms with Gasteiger partial charge >= 0.3 is 12.6 Å². The van der Waals surface area contributed by atoms with E-state index in [1.165, 1.54) is 0 Å². The van der Waals surface area contributed by atoms with Gasteiger partial charge in [0.05, 0.1) is 6.61 Å². The Morgan fingerprint density at radius 1 is 1.44 bits per heavy atom. The zero-order valence-corrected chi connectivity index (χ0v) is 10.1.